The minimum Gasteiger partial charge on any atom is -0.332 e. The number of amides is 1. The zero-order chi connectivity index (χ0) is 19.8. The molecule has 4 heteroatoms. The molecule has 1 heterocycles. The second kappa shape index (κ2) is 9.68. The molecule has 3 aromatic rings. The second-order valence-electron chi connectivity index (χ2n) is 6.65. The maximum atomic E-state index is 13.0. The quantitative estimate of drug-likeness (QED) is 0.518. The Morgan fingerprint density at radius 3 is 2.50 bits per heavy atom. The maximum absolute atomic E-state index is 13.0. The molecule has 1 amide bonds. The van der Waals surface area contributed by atoms with Crippen LogP contribution < -0.4 is 0 Å². The van der Waals surface area contributed by atoms with Gasteiger partial charge in [0.05, 0.1) is 11.6 Å². The first-order valence-electron chi connectivity index (χ1n) is 9.21. The highest BCUT2D eigenvalue weighted by Gasteiger charge is 2.19. The van der Waals surface area contributed by atoms with Gasteiger partial charge in [0.25, 0.3) is 0 Å². The second-order valence-corrected chi connectivity index (χ2v) is 7.68. The number of nitriles is 1. The lowest BCUT2D eigenvalue weighted by atomic mass is 10.1. The molecule has 0 saturated carbocycles. The maximum Gasteiger partial charge on any atom is 0.247 e. The van der Waals surface area contributed by atoms with E-state index in [1.54, 1.807) is 35.6 Å². The molecule has 0 aliphatic heterocycles. The molecule has 2 aromatic carbocycles. The third kappa shape index (κ3) is 5.42. The van der Waals surface area contributed by atoms with Crippen LogP contribution in [0.4, 0.5) is 0 Å². The zero-order valence-corrected chi connectivity index (χ0v) is 16.6. The Bertz CT molecular complexity index is 954. The zero-order valence-electron chi connectivity index (χ0n) is 15.8. The van der Waals surface area contributed by atoms with E-state index in [-0.39, 0.29) is 11.9 Å². The summed E-state index contributed by atoms with van der Waals surface area (Å²) in [6.07, 6.45) is 4.26. The van der Waals surface area contributed by atoms with E-state index in [4.69, 9.17) is 5.26 Å². The Labute approximate surface area is 170 Å². The lowest BCUT2D eigenvalue weighted by molar-refractivity contribution is -0.128. The van der Waals surface area contributed by atoms with Crippen LogP contribution in [0.15, 0.2) is 78.2 Å². The minimum absolute atomic E-state index is 0.0164. The molecule has 0 spiro atoms. The van der Waals surface area contributed by atoms with E-state index in [0.717, 1.165) is 17.5 Å². The molecule has 0 N–H and O–H groups in total. The molecule has 3 rings (SSSR count). The number of thiophene rings is 1. The smallest absolute Gasteiger partial charge is 0.247 e. The molecule has 0 fully saturated rings. The van der Waals surface area contributed by atoms with Gasteiger partial charge < -0.3 is 4.90 Å². The lowest BCUT2D eigenvalue weighted by Crippen LogP contribution is -2.38. The summed E-state index contributed by atoms with van der Waals surface area (Å²) in [5.74, 6) is -0.0164. The van der Waals surface area contributed by atoms with Gasteiger partial charge >= 0.3 is 0 Å². The van der Waals surface area contributed by atoms with Crippen LogP contribution in [-0.4, -0.2) is 16.8 Å². The average molecular weight is 387 g/mol. The summed E-state index contributed by atoms with van der Waals surface area (Å²) in [5, 5.41) is 11.0. The van der Waals surface area contributed by atoms with Gasteiger partial charge in [-0.25, -0.2) is 0 Å². The monoisotopic (exact) mass is 386 g/mol. The summed E-state index contributed by atoms with van der Waals surface area (Å²) in [7, 11) is 0. The SMILES string of the molecule is CC(Cc1cccs1)N(Cc1ccccc1)C(=O)/C=C/c1ccc(C#N)cc1. The summed E-state index contributed by atoms with van der Waals surface area (Å²) in [4.78, 5) is 16.2. The molecule has 3 nitrogen and oxygen atoms in total. The number of rotatable bonds is 7. The van der Waals surface area contributed by atoms with Crippen LogP contribution in [0.3, 0.4) is 0 Å². The largest absolute Gasteiger partial charge is 0.332 e. The first kappa shape index (κ1) is 19.6. The highest BCUT2D eigenvalue weighted by molar-refractivity contribution is 7.09. The van der Waals surface area contributed by atoms with Gasteiger partial charge in [-0.2, -0.15) is 5.26 Å². The van der Waals surface area contributed by atoms with Crippen molar-refractivity contribution in [1.82, 2.24) is 4.90 Å². The van der Waals surface area contributed by atoms with Gasteiger partial charge in [-0.05, 0) is 47.7 Å². The molecule has 1 aromatic heterocycles. The molecule has 0 saturated heterocycles. The summed E-state index contributed by atoms with van der Waals surface area (Å²) < 4.78 is 0. The Morgan fingerprint density at radius 1 is 1.11 bits per heavy atom. The van der Waals surface area contributed by atoms with Crippen LogP contribution in [0.2, 0.25) is 0 Å². The average Bonchev–Trinajstić information content (AvgIpc) is 3.24. The number of nitrogens with zero attached hydrogens (tertiary/aromatic N) is 2. The van der Waals surface area contributed by atoms with Gasteiger partial charge in [0, 0.05) is 30.0 Å². The predicted molar refractivity (Wildman–Crippen MR) is 115 cm³/mol. The van der Waals surface area contributed by atoms with Crippen LogP contribution in [0.5, 0.6) is 0 Å². The Hall–Kier alpha value is -3.16. The van der Waals surface area contributed by atoms with E-state index in [9.17, 15) is 4.79 Å². The number of hydrogen-bond donors (Lipinski definition) is 0. The van der Waals surface area contributed by atoms with E-state index in [0.29, 0.717) is 12.1 Å². The third-order valence-corrected chi connectivity index (χ3v) is 5.44. The molecule has 1 unspecified atom stereocenters. The van der Waals surface area contributed by atoms with Crippen LogP contribution >= 0.6 is 11.3 Å². The Morgan fingerprint density at radius 2 is 1.86 bits per heavy atom. The van der Waals surface area contributed by atoms with Crippen molar-refractivity contribution in [3.63, 3.8) is 0 Å². The van der Waals surface area contributed by atoms with Crippen molar-refractivity contribution in [2.24, 2.45) is 0 Å². The fourth-order valence-corrected chi connectivity index (χ4v) is 3.82. The molecule has 0 radical (unpaired) electrons. The number of benzene rings is 2. The van der Waals surface area contributed by atoms with Crippen LogP contribution in [0.1, 0.15) is 28.5 Å². The number of carbonyl (C=O) groups excluding carboxylic acids is 1. The van der Waals surface area contributed by atoms with Crippen molar-refractivity contribution in [3.8, 4) is 6.07 Å². The first-order chi connectivity index (χ1) is 13.7. The summed E-state index contributed by atoms with van der Waals surface area (Å²) in [6, 6.07) is 23.6. The van der Waals surface area contributed by atoms with Gasteiger partial charge in [0.1, 0.15) is 0 Å². The third-order valence-electron chi connectivity index (χ3n) is 4.55. The molecule has 0 aliphatic rings. The van der Waals surface area contributed by atoms with Gasteiger partial charge in [-0.1, -0.05) is 48.5 Å². The predicted octanol–water partition coefficient (Wildman–Crippen LogP) is 5.29. The minimum atomic E-state index is -0.0164. The Kier molecular flexibility index (Phi) is 6.78. The van der Waals surface area contributed by atoms with Crippen LogP contribution in [0.25, 0.3) is 6.08 Å². The fourth-order valence-electron chi connectivity index (χ4n) is 2.99. The Balaban J connectivity index is 1.76. The van der Waals surface area contributed by atoms with Crippen LogP contribution in [-0.2, 0) is 17.8 Å². The van der Waals surface area contributed by atoms with Gasteiger partial charge in [0.2, 0.25) is 5.91 Å². The van der Waals surface area contributed by atoms with E-state index in [1.165, 1.54) is 4.88 Å². The van der Waals surface area contributed by atoms with Crippen molar-refractivity contribution in [2.75, 3.05) is 0 Å². The van der Waals surface area contributed by atoms with Crippen molar-refractivity contribution >= 4 is 23.3 Å². The van der Waals surface area contributed by atoms with Gasteiger partial charge in [-0.15, -0.1) is 11.3 Å². The number of carbonyl (C=O) groups is 1. The van der Waals surface area contributed by atoms with E-state index in [1.807, 2.05) is 53.4 Å². The first-order valence-corrected chi connectivity index (χ1v) is 10.1. The molecule has 28 heavy (non-hydrogen) atoms. The summed E-state index contributed by atoms with van der Waals surface area (Å²) in [5.41, 5.74) is 2.62. The van der Waals surface area contributed by atoms with Crippen molar-refractivity contribution in [1.29, 1.82) is 5.26 Å². The summed E-state index contributed by atoms with van der Waals surface area (Å²) in [6.45, 7) is 2.67. The molecular weight excluding hydrogens is 364 g/mol. The molecule has 1 atom stereocenters. The molecular formula is C24H22N2OS. The van der Waals surface area contributed by atoms with E-state index in [2.05, 4.69) is 24.4 Å². The van der Waals surface area contributed by atoms with Crippen LogP contribution in [0, 0.1) is 11.3 Å². The molecule has 140 valence electrons. The highest BCUT2D eigenvalue weighted by atomic mass is 32.1. The lowest BCUT2D eigenvalue weighted by Gasteiger charge is -2.28. The van der Waals surface area contributed by atoms with Gasteiger partial charge in [0.15, 0.2) is 0 Å². The van der Waals surface area contributed by atoms with Crippen molar-refractivity contribution < 1.29 is 4.79 Å². The van der Waals surface area contributed by atoms with Crippen molar-refractivity contribution in [2.45, 2.75) is 25.9 Å². The van der Waals surface area contributed by atoms with Gasteiger partial charge in [-0.3, -0.25) is 4.79 Å². The fraction of sp³-hybridized carbons (Fsp3) is 0.167. The highest BCUT2D eigenvalue weighted by Crippen LogP contribution is 2.17. The topological polar surface area (TPSA) is 44.1 Å². The molecule has 0 aliphatic carbocycles. The van der Waals surface area contributed by atoms with E-state index < -0.39 is 0 Å². The molecule has 0 bridgehead atoms. The normalized spacial score (nSPS) is 11.9. The standard InChI is InChI=1S/C24H22N2OS/c1-19(16-23-8-5-15-28-23)26(18-22-6-3-2-4-7-22)24(27)14-13-20-9-11-21(17-25)12-10-20/h2-15,19H,16,18H2,1H3/b14-13+. The van der Waals surface area contributed by atoms with E-state index >= 15 is 0 Å². The number of hydrogen-bond acceptors (Lipinski definition) is 3. The van der Waals surface area contributed by atoms with Crippen molar-refractivity contribution in [3.05, 3.63) is 99.8 Å². The summed E-state index contributed by atoms with van der Waals surface area (Å²) >= 11 is 1.72.